The van der Waals surface area contributed by atoms with Crippen LogP contribution in [0, 0.1) is 0 Å². The Morgan fingerprint density at radius 3 is 2.29 bits per heavy atom. The van der Waals surface area contributed by atoms with Crippen LogP contribution in [0.25, 0.3) is 6.08 Å². The van der Waals surface area contributed by atoms with Gasteiger partial charge in [-0.1, -0.05) is 73.8 Å². The van der Waals surface area contributed by atoms with Gasteiger partial charge in [0.2, 0.25) is 0 Å². The minimum Gasteiger partial charge on any atom is -0.266 e. The molecule has 28 heavy (non-hydrogen) atoms. The van der Waals surface area contributed by atoms with Gasteiger partial charge in [-0.3, -0.25) is 9.69 Å². The lowest BCUT2D eigenvalue weighted by Gasteiger charge is -2.19. The molecule has 0 atom stereocenters. The van der Waals surface area contributed by atoms with E-state index in [2.05, 4.69) is 36.9 Å². The van der Waals surface area contributed by atoms with Crippen LogP contribution < -0.4 is 4.90 Å². The first kappa shape index (κ1) is 19.1. The molecular formula is C22H13Br2ClN2O. The Bertz CT molecular complexity index is 1110. The summed E-state index contributed by atoms with van der Waals surface area (Å²) in [6.07, 6.45) is 1.77. The number of amidine groups is 1. The van der Waals surface area contributed by atoms with Gasteiger partial charge in [-0.2, -0.15) is 0 Å². The Balaban J connectivity index is 1.82. The monoisotopic (exact) mass is 514 g/mol. The van der Waals surface area contributed by atoms with E-state index in [1.54, 1.807) is 23.1 Å². The van der Waals surface area contributed by atoms with Gasteiger partial charge < -0.3 is 0 Å². The van der Waals surface area contributed by atoms with E-state index in [0.717, 1.165) is 25.8 Å². The van der Waals surface area contributed by atoms with E-state index in [4.69, 9.17) is 11.6 Å². The molecule has 1 aliphatic rings. The predicted molar refractivity (Wildman–Crippen MR) is 122 cm³/mol. The molecule has 1 heterocycles. The number of rotatable bonds is 3. The summed E-state index contributed by atoms with van der Waals surface area (Å²) in [4.78, 5) is 19.5. The molecule has 0 aromatic heterocycles. The van der Waals surface area contributed by atoms with Crippen molar-refractivity contribution < 1.29 is 4.79 Å². The van der Waals surface area contributed by atoms with E-state index >= 15 is 0 Å². The molecule has 0 fully saturated rings. The van der Waals surface area contributed by atoms with Gasteiger partial charge in [0.15, 0.2) is 0 Å². The third-order valence-electron chi connectivity index (χ3n) is 4.20. The van der Waals surface area contributed by atoms with E-state index < -0.39 is 0 Å². The normalized spacial score (nSPS) is 15.2. The molecule has 1 aliphatic heterocycles. The Kier molecular flexibility index (Phi) is 5.49. The van der Waals surface area contributed by atoms with Crippen molar-refractivity contribution in [2.24, 2.45) is 4.99 Å². The van der Waals surface area contributed by atoms with Crippen molar-refractivity contribution >= 4 is 67.0 Å². The number of carbonyl (C=O) groups excluding carboxylic acids is 1. The van der Waals surface area contributed by atoms with Crippen LogP contribution in [-0.4, -0.2) is 11.7 Å². The van der Waals surface area contributed by atoms with Gasteiger partial charge in [-0.25, -0.2) is 4.99 Å². The lowest BCUT2D eigenvalue weighted by atomic mass is 10.1. The highest BCUT2D eigenvalue weighted by molar-refractivity contribution is 9.10. The summed E-state index contributed by atoms with van der Waals surface area (Å²) in [7, 11) is 0. The summed E-state index contributed by atoms with van der Waals surface area (Å²) in [6.45, 7) is 0. The number of aliphatic imine (C=N–C) groups is 1. The first-order valence-electron chi connectivity index (χ1n) is 8.43. The minimum absolute atomic E-state index is 0.175. The molecule has 0 unspecified atom stereocenters. The van der Waals surface area contributed by atoms with Crippen molar-refractivity contribution in [2.45, 2.75) is 0 Å². The van der Waals surface area contributed by atoms with Gasteiger partial charge >= 0.3 is 0 Å². The van der Waals surface area contributed by atoms with Gasteiger partial charge in [0.1, 0.15) is 11.5 Å². The van der Waals surface area contributed by atoms with Crippen LogP contribution in [-0.2, 0) is 4.79 Å². The molecule has 0 saturated carbocycles. The van der Waals surface area contributed by atoms with E-state index in [1.807, 2.05) is 60.7 Å². The van der Waals surface area contributed by atoms with Crippen LogP contribution in [0.2, 0.25) is 5.02 Å². The second kappa shape index (κ2) is 8.03. The minimum atomic E-state index is -0.175. The van der Waals surface area contributed by atoms with E-state index in [0.29, 0.717) is 16.6 Å². The number of nitrogens with zero attached hydrogens (tertiary/aromatic N) is 2. The average Bonchev–Trinajstić information content (AvgIpc) is 3.00. The molecule has 3 aromatic carbocycles. The molecule has 1 amide bonds. The lowest BCUT2D eigenvalue weighted by Crippen LogP contribution is -2.32. The van der Waals surface area contributed by atoms with Crippen LogP contribution in [0.4, 0.5) is 5.69 Å². The van der Waals surface area contributed by atoms with Crippen molar-refractivity contribution in [3.63, 3.8) is 0 Å². The summed E-state index contributed by atoms with van der Waals surface area (Å²) >= 11 is 12.9. The number of hydrogen-bond acceptors (Lipinski definition) is 2. The molecule has 0 aliphatic carbocycles. The van der Waals surface area contributed by atoms with E-state index in [9.17, 15) is 4.79 Å². The molecule has 0 spiro atoms. The van der Waals surface area contributed by atoms with Crippen molar-refractivity contribution in [3.05, 3.63) is 104 Å². The first-order chi connectivity index (χ1) is 13.5. The number of carbonyl (C=O) groups is 1. The second-order valence-corrected chi connectivity index (χ2v) is 8.41. The topological polar surface area (TPSA) is 32.7 Å². The number of anilines is 1. The number of halogens is 3. The van der Waals surface area contributed by atoms with Crippen LogP contribution in [0.5, 0.6) is 0 Å². The highest BCUT2D eigenvalue weighted by Gasteiger charge is 2.32. The van der Waals surface area contributed by atoms with Crippen molar-refractivity contribution in [1.29, 1.82) is 0 Å². The van der Waals surface area contributed by atoms with E-state index in [1.165, 1.54) is 0 Å². The third kappa shape index (κ3) is 3.97. The molecular weight excluding hydrogens is 504 g/mol. The van der Waals surface area contributed by atoms with Crippen LogP contribution in [0.15, 0.2) is 92.4 Å². The SMILES string of the molecule is O=C1/C(=C\c2ccc(Cl)cc2)N=C(c2ccc(Br)cc2)N1c1cccc(Br)c1. The zero-order valence-electron chi connectivity index (χ0n) is 14.4. The smallest absolute Gasteiger partial charge is 0.266 e. The zero-order valence-corrected chi connectivity index (χ0v) is 18.4. The molecule has 3 nitrogen and oxygen atoms in total. The molecule has 0 radical (unpaired) electrons. The largest absolute Gasteiger partial charge is 0.282 e. The first-order valence-corrected chi connectivity index (χ1v) is 10.4. The molecule has 138 valence electrons. The fraction of sp³-hybridized carbons (Fsp3) is 0. The number of hydrogen-bond donors (Lipinski definition) is 0. The summed E-state index contributed by atoms with van der Waals surface area (Å²) in [5.41, 5.74) is 2.85. The predicted octanol–water partition coefficient (Wildman–Crippen LogP) is 6.70. The van der Waals surface area contributed by atoms with Crippen molar-refractivity contribution in [1.82, 2.24) is 0 Å². The van der Waals surface area contributed by atoms with Gasteiger partial charge in [0.25, 0.3) is 5.91 Å². The molecule has 0 saturated heterocycles. The quantitative estimate of drug-likeness (QED) is 0.357. The zero-order chi connectivity index (χ0) is 19.7. The van der Waals surface area contributed by atoms with Crippen molar-refractivity contribution in [3.8, 4) is 0 Å². The second-order valence-electron chi connectivity index (χ2n) is 6.14. The molecule has 0 N–H and O–H groups in total. The number of benzene rings is 3. The molecule has 6 heteroatoms. The van der Waals surface area contributed by atoms with E-state index in [-0.39, 0.29) is 5.91 Å². The highest BCUT2D eigenvalue weighted by Crippen LogP contribution is 2.30. The summed E-state index contributed by atoms with van der Waals surface area (Å²) < 4.78 is 1.86. The average molecular weight is 517 g/mol. The van der Waals surface area contributed by atoms with Gasteiger partial charge in [0.05, 0.1) is 5.69 Å². The van der Waals surface area contributed by atoms with Crippen LogP contribution in [0.3, 0.4) is 0 Å². The molecule has 4 rings (SSSR count). The lowest BCUT2D eigenvalue weighted by molar-refractivity contribution is -0.113. The van der Waals surface area contributed by atoms with Gasteiger partial charge in [0, 0.05) is 19.5 Å². The summed E-state index contributed by atoms with van der Waals surface area (Å²) in [5, 5.41) is 0.648. The summed E-state index contributed by atoms with van der Waals surface area (Å²) in [5.74, 6) is 0.418. The third-order valence-corrected chi connectivity index (χ3v) is 5.48. The highest BCUT2D eigenvalue weighted by atomic mass is 79.9. The Labute approximate surface area is 184 Å². The van der Waals surface area contributed by atoms with Crippen LogP contribution >= 0.6 is 43.5 Å². The maximum absolute atomic E-state index is 13.2. The number of amides is 1. The standard InChI is InChI=1S/C22H13Br2ClN2O/c23-16-8-6-15(7-9-16)21-26-20(12-14-4-10-18(25)11-5-14)22(28)27(21)19-3-1-2-17(24)13-19/h1-13H/b20-12+. The maximum Gasteiger partial charge on any atom is 0.282 e. The Morgan fingerprint density at radius 2 is 1.61 bits per heavy atom. The molecule has 0 bridgehead atoms. The van der Waals surface area contributed by atoms with Crippen molar-refractivity contribution in [2.75, 3.05) is 4.90 Å². The Hall–Kier alpha value is -2.21. The summed E-state index contributed by atoms with van der Waals surface area (Å²) in [6, 6.07) is 22.6. The molecule has 3 aromatic rings. The fourth-order valence-corrected chi connectivity index (χ4v) is 3.66. The fourth-order valence-electron chi connectivity index (χ4n) is 2.88. The maximum atomic E-state index is 13.2. The van der Waals surface area contributed by atoms with Gasteiger partial charge in [-0.15, -0.1) is 0 Å². The Morgan fingerprint density at radius 1 is 0.893 bits per heavy atom. The van der Waals surface area contributed by atoms with Gasteiger partial charge in [-0.05, 0) is 54.1 Å². The van der Waals surface area contributed by atoms with Crippen LogP contribution in [0.1, 0.15) is 11.1 Å².